The smallest absolute Gasteiger partial charge is 0.329 e. The standard InChI is InChI=1S/C20H23FN6O4/c1-24-17-16(18(29)23-20(24)30)27(11-13-5-3-4-6-14(13)21)19(22-17)26-9-7-25(8-10-26)12-15(28)31-2/h3-6H,7-12H2,1-2H3,(H,23,29,30). The lowest BCUT2D eigenvalue weighted by Crippen LogP contribution is -2.48. The number of piperazine rings is 1. The van der Waals surface area contributed by atoms with E-state index in [0.29, 0.717) is 37.7 Å². The van der Waals surface area contributed by atoms with Crippen LogP contribution in [0.4, 0.5) is 10.3 Å². The van der Waals surface area contributed by atoms with Crippen molar-refractivity contribution < 1.29 is 13.9 Å². The molecular formula is C20H23FN6O4. The Morgan fingerprint density at radius 2 is 1.90 bits per heavy atom. The first kappa shape index (κ1) is 20.8. The van der Waals surface area contributed by atoms with Crippen LogP contribution >= 0.6 is 0 Å². The topological polar surface area (TPSA) is 105 Å². The second kappa shape index (κ2) is 8.34. The molecule has 0 atom stereocenters. The number of benzene rings is 1. The third kappa shape index (κ3) is 3.96. The van der Waals surface area contributed by atoms with Crippen LogP contribution in [0.2, 0.25) is 0 Å². The predicted octanol–water partition coefficient (Wildman–Crippen LogP) is -0.0943. The third-order valence-electron chi connectivity index (χ3n) is 5.51. The number of fused-ring (bicyclic) bond motifs is 1. The molecule has 3 heterocycles. The van der Waals surface area contributed by atoms with Gasteiger partial charge in [0.2, 0.25) is 5.95 Å². The lowest BCUT2D eigenvalue weighted by Gasteiger charge is -2.34. The summed E-state index contributed by atoms with van der Waals surface area (Å²) < 4.78 is 22.0. The van der Waals surface area contributed by atoms with E-state index in [1.54, 1.807) is 22.8 Å². The summed E-state index contributed by atoms with van der Waals surface area (Å²) in [6.45, 7) is 2.56. The van der Waals surface area contributed by atoms with Gasteiger partial charge in [0, 0.05) is 38.8 Å². The average Bonchev–Trinajstić information content (AvgIpc) is 3.14. The summed E-state index contributed by atoms with van der Waals surface area (Å²) in [4.78, 5) is 47.1. The highest BCUT2D eigenvalue weighted by molar-refractivity contribution is 5.75. The summed E-state index contributed by atoms with van der Waals surface area (Å²) in [6, 6.07) is 6.33. The molecule has 4 rings (SSSR count). The molecule has 0 saturated carbocycles. The molecule has 1 saturated heterocycles. The van der Waals surface area contributed by atoms with Gasteiger partial charge in [-0.05, 0) is 6.07 Å². The zero-order valence-electron chi connectivity index (χ0n) is 17.3. The molecule has 3 aromatic rings. The van der Waals surface area contributed by atoms with Gasteiger partial charge in [-0.1, -0.05) is 18.2 Å². The number of carbonyl (C=O) groups is 1. The molecule has 1 N–H and O–H groups in total. The van der Waals surface area contributed by atoms with Crippen LogP contribution in [-0.4, -0.2) is 69.8 Å². The van der Waals surface area contributed by atoms with Gasteiger partial charge < -0.3 is 9.64 Å². The van der Waals surface area contributed by atoms with Crippen LogP contribution in [0.15, 0.2) is 33.9 Å². The van der Waals surface area contributed by atoms with E-state index < -0.39 is 11.2 Å². The minimum atomic E-state index is -0.572. The van der Waals surface area contributed by atoms with Gasteiger partial charge in [0.1, 0.15) is 5.82 Å². The van der Waals surface area contributed by atoms with E-state index in [4.69, 9.17) is 4.74 Å². The van der Waals surface area contributed by atoms with Crippen molar-refractivity contribution in [1.29, 1.82) is 0 Å². The number of hydrogen-bond donors (Lipinski definition) is 1. The van der Waals surface area contributed by atoms with Crippen LogP contribution in [0.25, 0.3) is 11.2 Å². The van der Waals surface area contributed by atoms with Gasteiger partial charge in [-0.3, -0.25) is 28.6 Å². The maximum Gasteiger partial charge on any atom is 0.329 e. The summed E-state index contributed by atoms with van der Waals surface area (Å²) in [7, 11) is 2.88. The lowest BCUT2D eigenvalue weighted by molar-refractivity contribution is -0.142. The van der Waals surface area contributed by atoms with Gasteiger partial charge in [0.25, 0.3) is 5.56 Å². The molecule has 2 aromatic heterocycles. The minimum Gasteiger partial charge on any atom is -0.468 e. The number of aromatic nitrogens is 4. The molecule has 0 unspecified atom stereocenters. The maximum absolute atomic E-state index is 14.4. The average molecular weight is 430 g/mol. The Hall–Kier alpha value is -3.47. The Morgan fingerprint density at radius 3 is 2.58 bits per heavy atom. The van der Waals surface area contributed by atoms with Gasteiger partial charge in [0.05, 0.1) is 20.2 Å². The Kier molecular flexibility index (Phi) is 5.59. The second-order valence-electron chi connectivity index (χ2n) is 7.42. The molecule has 11 heteroatoms. The van der Waals surface area contributed by atoms with Crippen LogP contribution in [0.1, 0.15) is 5.56 Å². The first-order valence-corrected chi connectivity index (χ1v) is 9.86. The van der Waals surface area contributed by atoms with E-state index in [2.05, 4.69) is 9.97 Å². The number of carbonyl (C=O) groups excluding carboxylic acids is 1. The highest BCUT2D eigenvalue weighted by atomic mass is 19.1. The highest BCUT2D eigenvalue weighted by Gasteiger charge is 2.26. The largest absolute Gasteiger partial charge is 0.468 e. The van der Waals surface area contributed by atoms with E-state index in [9.17, 15) is 18.8 Å². The van der Waals surface area contributed by atoms with Crippen molar-refractivity contribution in [2.45, 2.75) is 6.54 Å². The fourth-order valence-electron chi connectivity index (χ4n) is 3.76. The molecule has 0 spiro atoms. The minimum absolute atomic E-state index is 0.0855. The fourth-order valence-corrected chi connectivity index (χ4v) is 3.76. The maximum atomic E-state index is 14.4. The Morgan fingerprint density at radius 1 is 1.19 bits per heavy atom. The van der Waals surface area contributed by atoms with Crippen LogP contribution < -0.4 is 16.1 Å². The number of imidazole rings is 1. The highest BCUT2D eigenvalue weighted by Crippen LogP contribution is 2.23. The number of ether oxygens (including phenoxy) is 1. The Labute approximate surface area is 176 Å². The van der Waals surface area contributed by atoms with E-state index in [0.717, 1.165) is 0 Å². The van der Waals surface area contributed by atoms with Gasteiger partial charge >= 0.3 is 11.7 Å². The van der Waals surface area contributed by atoms with E-state index in [1.807, 2.05) is 9.80 Å². The molecule has 10 nitrogen and oxygen atoms in total. The monoisotopic (exact) mass is 430 g/mol. The van der Waals surface area contributed by atoms with Crippen molar-refractivity contribution >= 4 is 23.1 Å². The van der Waals surface area contributed by atoms with Crippen molar-refractivity contribution in [1.82, 2.24) is 24.0 Å². The van der Waals surface area contributed by atoms with E-state index >= 15 is 0 Å². The molecule has 164 valence electrons. The van der Waals surface area contributed by atoms with Crippen molar-refractivity contribution in [2.24, 2.45) is 7.05 Å². The van der Waals surface area contributed by atoms with Crippen LogP contribution in [0, 0.1) is 5.82 Å². The molecule has 1 aliphatic heterocycles. The number of halogens is 1. The van der Waals surface area contributed by atoms with Crippen molar-refractivity contribution in [3.63, 3.8) is 0 Å². The van der Waals surface area contributed by atoms with Crippen LogP contribution in [-0.2, 0) is 23.1 Å². The number of aryl methyl sites for hydroxylation is 1. The van der Waals surface area contributed by atoms with E-state index in [1.165, 1.54) is 24.8 Å². The number of H-pyrrole nitrogens is 1. The Balaban J connectivity index is 1.75. The van der Waals surface area contributed by atoms with Crippen LogP contribution in [0.3, 0.4) is 0 Å². The number of nitrogens with one attached hydrogen (secondary N) is 1. The molecule has 0 amide bonds. The molecule has 0 bridgehead atoms. The fraction of sp³-hybridized carbons (Fsp3) is 0.400. The summed E-state index contributed by atoms with van der Waals surface area (Å²) in [6.07, 6.45) is 0. The quantitative estimate of drug-likeness (QED) is 0.564. The van der Waals surface area contributed by atoms with Crippen LogP contribution in [0.5, 0.6) is 0 Å². The zero-order chi connectivity index (χ0) is 22.1. The molecule has 0 radical (unpaired) electrons. The normalized spacial score (nSPS) is 14.9. The SMILES string of the molecule is COC(=O)CN1CCN(c2nc3c(c(=O)[nH]c(=O)n3C)n2Cc2ccccc2F)CC1. The van der Waals surface area contributed by atoms with Gasteiger partial charge in [-0.15, -0.1) is 0 Å². The second-order valence-corrected chi connectivity index (χ2v) is 7.42. The lowest BCUT2D eigenvalue weighted by atomic mass is 10.2. The van der Waals surface area contributed by atoms with E-state index in [-0.39, 0.29) is 36.0 Å². The van der Waals surface area contributed by atoms with Gasteiger partial charge in [-0.2, -0.15) is 4.98 Å². The van der Waals surface area contributed by atoms with Crippen molar-refractivity contribution in [3.05, 3.63) is 56.5 Å². The molecule has 0 aliphatic carbocycles. The summed E-state index contributed by atoms with van der Waals surface area (Å²) in [5.74, 6) is -0.219. The predicted molar refractivity (Wildman–Crippen MR) is 112 cm³/mol. The van der Waals surface area contributed by atoms with Crippen molar-refractivity contribution in [2.75, 3.05) is 44.7 Å². The number of anilines is 1. The number of methoxy groups -OCH3 is 1. The Bertz CT molecular complexity index is 1240. The number of esters is 1. The summed E-state index contributed by atoms with van der Waals surface area (Å²) in [5, 5.41) is 0. The molecule has 1 aliphatic rings. The molecular weight excluding hydrogens is 407 g/mol. The first-order chi connectivity index (χ1) is 14.9. The third-order valence-corrected chi connectivity index (χ3v) is 5.51. The number of nitrogens with zero attached hydrogens (tertiary/aromatic N) is 5. The number of hydrogen-bond acceptors (Lipinski definition) is 7. The zero-order valence-corrected chi connectivity index (χ0v) is 17.3. The molecule has 1 aromatic carbocycles. The summed E-state index contributed by atoms with van der Waals surface area (Å²) in [5.41, 5.74) is -0.296. The van der Waals surface area contributed by atoms with Gasteiger partial charge in [0.15, 0.2) is 11.2 Å². The number of rotatable bonds is 5. The summed E-state index contributed by atoms with van der Waals surface area (Å²) >= 11 is 0. The number of aromatic amines is 1. The van der Waals surface area contributed by atoms with Gasteiger partial charge in [-0.25, -0.2) is 9.18 Å². The molecule has 31 heavy (non-hydrogen) atoms. The first-order valence-electron chi connectivity index (χ1n) is 9.86. The molecule has 1 fully saturated rings. The van der Waals surface area contributed by atoms with Crippen molar-refractivity contribution in [3.8, 4) is 0 Å².